The normalized spacial score (nSPS) is 18.1. The van der Waals surface area contributed by atoms with Gasteiger partial charge in [-0.05, 0) is 92.1 Å². The van der Waals surface area contributed by atoms with E-state index in [2.05, 4.69) is 107 Å². The van der Waals surface area contributed by atoms with Crippen LogP contribution in [0.2, 0.25) is 0 Å². The van der Waals surface area contributed by atoms with E-state index in [1.165, 1.54) is 28.1 Å². The van der Waals surface area contributed by atoms with Crippen LogP contribution in [0.1, 0.15) is 40.2 Å². The Bertz CT molecular complexity index is 1280. The predicted molar refractivity (Wildman–Crippen MR) is 134 cm³/mol. The van der Waals surface area contributed by atoms with E-state index in [1.807, 2.05) is 18.3 Å². The fourth-order valence-corrected chi connectivity index (χ4v) is 4.84. The molecule has 0 amide bonds. The maximum Gasteiger partial charge on any atom is 0.174 e. The molecule has 0 spiro atoms. The zero-order valence-corrected chi connectivity index (χ0v) is 19.3. The zero-order valence-electron chi connectivity index (χ0n) is 18.5. The lowest BCUT2D eigenvalue weighted by atomic mass is 10.00. The Balaban J connectivity index is 1.69. The van der Waals surface area contributed by atoms with Gasteiger partial charge in [0.1, 0.15) is 6.04 Å². The number of aromatic nitrogens is 2. The summed E-state index contributed by atoms with van der Waals surface area (Å²) in [6.45, 7) is 6.43. The summed E-state index contributed by atoms with van der Waals surface area (Å²) >= 11 is 5.89. The number of nitrogens with one attached hydrogen (secondary N) is 1. The fraction of sp³-hybridized carbons (Fsp3) is 0.185. The quantitative estimate of drug-likeness (QED) is 0.398. The SMILES string of the molecule is Cc1ccc(N2C(=S)NC(c3ccccn3)C2c2cccn2-c2ccccc2C)cc1C. The van der Waals surface area contributed by atoms with Gasteiger partial charge < -0.3 is 14.8 Å². The summed E-state index contributed by atoms with van der Waals surface area (Å²) in [5.41, 5.74) is 8.15. The standard InChI is InChI=1S/C27H26N4S/c1-18-13-14-21(17-20(18)3)31-26(25(29-27(31)32)22-10-6-7-15-28-22)24-12-8-16-30(24)23-11-5-4-9-19(23)2/h4-17,25-26H,1-3H3,(H,29,32). The monoisotopic (exact) mass is 438 g/mol. The molecule has 0 bridgehead atoms. The van der Waals surface area contributed by atoms with Crippen LogP contribution in [-0.4, -0.2) is 14.7 Å². The molecule has 4 nitrogen and oxygen atoms in total. The molecule has 1 aliphatic heterocycles. The van der Waals surface area contributed by atoms with Crippen LogP contribution in [0, 0.1) is 20.8 Å². The Morgan fingerprint density at radius 3 is 2.41 bits per heavy atom. The van der Waals surface area contributed by atoms with Gasteiger partial charge in [0.05, 0.1) is 11.7 Å². The lowest BCUT2D eigenvalue weighted by molar-refractivity contribution is 0.549. The lowest BCUT2D eigenvalue weighted by Crippen LogP contribution is -2.30. The minimum atomic E-state index is -0.0667. The van der Waals surface area contributed by atoms with Crippen molar-refractivity contribution in [1.29, 1.82) is 0 Å². The Morgan fingerprint density at radius 1 is 0.844 bits per heavy atom. The molecule has 2 unspecified atom stereocenters. The second-order valence-corrected chi connectivity index (χ2v) is 8.74. The number of benzene rings is 2. The van der Waals surface area contributed by atoms with Crippen molar-refractivity contribution in [3.8, 4) is 5.69 Å². The summed E-state index contributed by atoms with van der Waals surface area (Å²) in [5.74, 6) is 0. The van der Waals surface area contributed by atoms with Crippen LogP contribution in [0.3, 0.4) is 0 Å². The van der Waals surface area contributed by atoms with Crippen LogP contribution < -0.4 is 10.2 Å². The molecule has 2 aromatic heterocycles. The molecule has 1 saturated heterocycles. The topological polar surface area (TPSA) is 33.1 Å². The largest absolute Gasteiger partial charge is 0.351 e. The average Bonchev–Trinajstić information content (AvgIpc) is 3.41. The molecule has 0 aliphatic carbocycles. The molecule has 0 saturated carbocycles. The van der Waals surface area contributed by atoms with E-state index in [9.17, 15) is 0 Å². The molecular formula is C27H26N4S. The average molecular weight is 439 g/mol. The first-order valence-electron chi connectivity index (χ1n) is 10.9. The molecule has 2 aromatic carbocycles. The molecule has 160 valence electrons. The second-order valence-electron chi connectivity index (χ2n) is 8.35. The third-order valence-electron chi connectivity index (χ3n) is 6.33. The number of para-hydroxylation sites is 1. The number of aryl methyl sites for hydroxylation is 3. The van der Waals surface area contributed by atoms with Crippen molar-refractivity contribution < 1.29 is 0 Å². The zero-order chi connectivity index (χ0) is 22.2. The second kappa shape index (κ2) is 8.24. The molecule has 1 fully saturated rings. The third-order valence-corrected chi connectivity index (χ3v) is 6.64. The summed E-state index contributed by atoms with van der Waals surface area (Å²) in [6.07, 6.45) is 3.98. The van der Waals surface area contributed by atoms with Crippen LogP contribution in [0.4, 0.5) is 5.69 Å². The van der Waals surface area contributed by atoms with E-state index in [0.717, 1.165) is 11.4 Å². The van der Waals surface area contributed by atoms with Crippen molar-refractivity contribution in [2.75, 3.05) is 4.90 Å². The van der Waals surface area contributed by atoms with Gasteiger partial charge in [0.2, 0.25) is 0 Å². The first-order chi connectivity index (χ1) is 15.5. The number of thiocarbonyl (C=S) groups is 1. The Kier molecular flexibility index (Phi) is 5.27. The molecule has 1 N–H and O–H groups in total. The van der Waals surface area contributed by atoms with Gasteiger partial charge >= 0.3 is 0 Å². The molecule has 32 heavy (non-hydrogen) atoms. The number of rotatable bonds is 4. The summed E-state index contributed by atoms with van der Waals surface area (Å²) < 4.78 is 2.28. The predicted octanol–water partition coefficient (Wildman–Crippen LogP) is 5.97. The van der Waals surface area contributed by atoms with Gasteiger partial charge in [-0.1, -0.05) is 30.3 Å². The van der Waals surface area contributed by atoms with E-state index < -0.39 is 0 Å². The molecule has 4 aromatic rings. The molecule has 3 heterocycles. The summed E-state index contributed by atoms with van der Waals surface area (Å²) in [4.78, 5) is 6.92. The van der Waals surface area contributed by atoms with Crippen molar-refractivity contribution in [3.05, 3.63) is 113 Å². The highest BCUT2D eigenvalue weighted by Crippen LogP contribution is 2.42. The number of hydrogen-bond donors (Lipinski definition) is 1. The third kappa shape index (κ3) is 3.49. The summed E-state index contributed by atoms with van der Waals surface area (Å²) in [6, 6.07) is 25.2. The smallest absolute Gasteiger partial charge is 0.174 e. The molecule has 5 heteroatoms. The van der Waals surface area contributed by atoms with E-state index >= 15 is 0 Å². The van der Waals surface area contributed by atoms with Crippen molar-refractivity contribution in [1.82, 2.24) is 14.9 Å². The van der Waals surface area contributed by atoms with E-state index in [4.69, 9.17) is 12.2 Å². The maximum atomic E-state index is 5.89. The molecule has 1 aliphatic rings. The Hall–Kier alpha value is -3.44. The van der Waals surface area contributed by atoms with Gasteiger partial charge in [-0.3, -0.25) is 4.98 Å². The maximum absolute atomic E-state index is 5.89. The summed E-state index contributed by atoms with van der Waals surface area (Å²) in [7, 11) is 0. The molecule has 2 atom stereocenters. The van der Waals surface area contributed by atoms with Gasteiger partial charge in [0.15, 0.2) is 5.11 Å². The highest BCUT2D eigenvalue weighted by molar-refractivity contribution is 7.80. The van der Waals surface area contributed by atoms with Gasteiger partial charge in [0.25, 0.3) is 0 Å². The van der Waals surface area contributed by atoms with Crippen molar-refractivity contribution in [2.45, 2.75) is 32.9 Å². The van der Waals surface area contributed by atoms with Crippen LogP contribution in [0.15, 0.2) is 85.2 Å². The summed E-state index contributed by atoms with van der Waals surface area (Å²) in [5, 5.41) is 4.28. The lowest BCUT2D eigenvalue weighted by Gasteiger charge is -2.29. The highest BCUT2D eigenvalue weighted by atomic mass is 32.1. The van der Waals surface area contributed by atoms with Crippen LogP contribution in [-0.2, 0) is 0 Å². The molecule has 5 rings (SSSR count). The van der Waals surface area contributed by atoms with Crippen LogP contribution in [0.5, 0.6) is 0 Å². The fourth-order valence-electron chi connectivity index (χ4n) is 4.50. The minimum absolute atomic E-state index is 0.0471. The molecular weight excluding hydrogens is 412 g/mol. The van der Waals surface area contributed by atoms with E-state index in [0.29, 0.717) is 5.11 Å². The first-order valence-corrected chi connectivity index (χ1v) is 11.3. The number of anilines is 1. The highest BCUT2D eigenvalue weighted by Gasteiger charge is 2.42. The van der Waals surface area contributed by atoms with Crippen molar-refractivity contribution >= 4 is 23.0 Å². The van der Waals surface area contributed by atoms with E-state index in [-0.39, 0.29) is 12.1 Å². The van der Waals surface area contributed by atoms with Crippen molar-refractivity contribution in [2.24, 2.45) is 0 Å². The number of pyridine rings is 1. The van der Waals surface area contributed by atoms with Gasteiger partial charge in [0, 0.05) is 29.5 Å². The van der Waals surface area contributed by atoms with Crippen LogP contribution in [0.25, 0.3) is 5.69 Å². The number of hydrogen-bond acceptors (Lipinski definition) is 2. The van der Waals surface area contributed by atoms with E-state index in [1.54, 1.807) is 0 Å². The van der Waals surface area contributed by atoms with Gasteiger partial charge in [-0.25, -0.2) is 0 Å². The van der Waals surface area contributed by atoms with Gasteiger partial charge in [-0.2, -0.15) is 0 Å². The number of nitrogens with zero attached hydrogens (tertiary/aromatic N) is 3. The van der Waals surface area contributed by atoms with Gasteiger partial charge in [-0.15, -0.1) is 0 Å². The minimum Gasteiger partial charge on any atom is -0.351 e. The van der Waals surface area contributed by atoms with Crippen LogP contribution >= 0.6 is 12.2 Å². The Labute approximate surface area is 194 Å². The Morgan fingerprint density at radius 2 is 1.66 bits per heavy atom. The van der Waals surface area contributed by atoms with Crippen molar-refractivity contribution in [3.63, 3.8) is 0 Å². The first kappa shape index (κ1) is 20.5. The molecule has 0 radical (unpaired) electrons.